The van der Waals surface area contributed by atoms with E-state index in [2.05, 4.69) is 32.2 Å². The van der Waals surface area contributed by atoms with E-state index < -0.39 is 13.9 Å². The monoisotopic (exact) mass is 242 g/mol. The molecule has 0 aromatic heterocycles. The van der Waals surface area contributed by atoms with Crippen LogP contribution in [0.5, 0.6) is 0 Å². The molecule has 0 spiro atoms. The molecule has 0 unspecified atom stereocenters. The van der Waals surface area contributed by atoms with Gasteiger partial charge >= 0.3 is 0 Å². The summed E-state index contributed by atoms with van der Waals surface area (Å²) in [4.78, 5) is 0. The topological polar surface area (TPSA) is 18.5 Å². The fraction of sp³-hybridized carbons (Fsp3) is 0.846. The van der Waals surface area contributed by atoms with Gasteiger partial charge in [-0.05, 0) is 32.0 Å². The highest BCUT2D eigenvalue weighted by Crippen LogP contribution is 2.18. The molecule has 0 aliphatic carbocycles. The predicted octanol–water partition coefficient (Wildman–Crippen LogP) is 3.44. The minimum Gasteiger partial charge on any atom is -0.354 e. The van der Waals surface area contributed by atoms with E-state index in [4.69, 9.17) is 9.47 Å². The molecule has 2 nitrogen and oxygen atoms in total. The average molecular weight is 242 g/mol. The average Bonchev–Trinajstić information content (AvgIpc) is 2.30. The number of ether oxygens (including phenoxy) is 2. The van der Waals surface area contributed by atoms with Crippen LogP contribution in [0.3, 0.4) is 0 Å². The molecule has 0 saturated heterocycles. The lowest BCUT2D eigenvalue weighted by molar-refractivity contribution is -0.188. The Morgan fingerprint density at radius 2 is 1.56 bits per heavy atom. The largest absolute Gasteiger partial charge is 0.354 e. The van der Waals surface area contributed by atoms with Crippen molar-refractivity contribution >= 4 is 8.07 Å². The summed E-state index contributed by atoms with van der Waals surface area (Å²) in [6, 6.07) is 3.71. The zero-order valence-corrected chi connectivity index (χ0v) is 12.6. The second-order valence-electron chi connectivity index (χ2n) is 4.54. The smallest absolute Gasteiger partial charge is 0.163 e. The minimum absolute atomic E-state index is 0.468. The lowest BCUT2D eigenvalue weighted by Crippen LogP contribution is -2.30. The lowest BCUT2D eigenvalue weighted by Gasteiger charge is -2.22. The SMILES string of the molecule is CC[Si](C#CCOC(C)(C)OC)(CC)CC. The summed E-state index contributed by atoms with van der Waals surface area (Å²) in [5.41, 5.74) is 3.49. The Morgan fingerprint density at radius 3 is 1.94 bits per heavy atom. The van der Waals surface area contributed by atoms with Crippen LogP contribution < -0.4 is 0 Å². The van der Waals surface area contributed by atoms with E-state index in [1.807, 2.05) is 13.8 Å². The van der Waals surface area contributed by atoms with Crippen LogP contribution in [-0.2, 0) is 9.47 Å². The second-order valence-corrected chi connectivity index (χ2v) is 9.47. The van der Waals surface area contributed by atoms with Crippen molar-refractivity contribution < 1.29 is 9.47 Å². The molecular formula is C13H26O2Si. The fourth-order valence-corrected chi connectivity index (χ4v) is 3.99. The Morgan fingerprint density at radius 1 is 1.06 bits per heavy atom. The molecule has 0 aromatic carbocycles. The number of hydrogen-bond donors (Lipinski definition) is 0. The van der Waals surface area contributed by atoms with E-state index in [-0.39, 0.29) is 0 Å². The number of methoxy groups -OCH3 is 1. The van der Waals surface area contributed by atoms with Crippen LogP contribution in [0.15, 0.2) is 0 Å². The lowest BCUT2D eigenvalue weighted by atomic mass is 10.4. The zero-order valence-electron chi connectivity index (χ0n) is 11.6. The number of rotatable bonds is 6. The van der Waals surface area contributed by atoms with Crippen molar-refractivity contribution in [3.63, 3.8) is 0 Å². The molecular weight excluding hydrogens is 216 g/mol. The van der Waals surface area contributed by atoms with Gasteiger partial charge < -0.3 is 9.47 Å². The van der Waals surface area contributed by atoms with E-state index in [0.29, 0.717) is 6.61 Å². The van der Waals surface area contributed by atoms with E-state index in [0.717, 1.165) is 0 Å². The first-order chi connectivity index (χ1) is 7.45. The molecule has 0 heterocycles. The van der Waals surface area contributed by atoms with Crippen molar-refractivity contribution in [3.8, 4) is 11.5 Å². The first-order valence-electron chi connectivity index (χ1n) is 6.14. The molecule has 0 amide bonds. The molecule has 0 radical (unpaired) electrons. The van der Waals surface area contributed by atoms with E-state index >= 15 is 0 Å². The van der Waals surface area contributed by atoms with Crippen molar-refractivity contribution in [2.45, 2.75) is 58.5 Å². The van der Waals surface area contributed by atoms with Crippen LogP contribution in [0.2, 0.25) is 18.1 Å². The molecule has 0 aliphatic heterocycles. The van der Waals surface area contributed by atoms with Gasteiger partial charge in [-0.3, -0.25) is 0 Å². The van der Waals surface area contributed by atoms with Gasteiger partial charge in [0, 0.05) is 7.11 Å². The molecule has 16 heavy (non-hydrogen) atoms. The highest BCUT2D eigenvalue weighted by Gasteiger charge is 2.24. The summed E-state index contributed by atoms with van der Waals surface area (Å²) in [7, 11) is 0.344. The van der Waals surface area contributed by atoms with Crippen LogP contribution in [-0.4, -0.2) is 27.6 Å². The Kier molecular flexibility index (Phi) is 6.97. The molecule has 0 N–H and O–H groups in total. The van der Waals surface area contributed by atoms with Crippen molar-refractivity contribution in [1.29, 1.82) is 0 Å². The first kappa shape index (κ1) is 15.7. The summed E-state index contributed by atoms with van der Waals surface area (Å²) in [6.07, 6.45) is 0. The molecule has 0 aliphatic rings. The van der Waals surface area contributed by atoms with Crippen LogP contribution in [0, 0.1) is 11.5 Å². The van der Waals surface area contributed by atoms with Crippen LogP contribution in [0.4, 0.5) is 0 Å². The Labute approximate surface area is 102 Å². The highest BCUT2D eigenvalue weighted by molar-refractivity contribution is 6.87. The van der Waals surface area contributed by atoms with Crippen molar-refractivity contribution in [3.05, 3.63) is 0 Å². The van der Waals surface area contributed by atoms with Crippen molar-refractivity contribution in [2.75, 3.05) is 13.7 Å². The maximum absolute atomic E-state index is 5.53. The van der Waals surface area contributed by atoms with Crippen LogP contribution in [0.1, 0.15) is 34.6 Å². The van der Waals surface area contributed by atoms with Gasteiger partial charge in [0.05, 0.1) is 0 Å². The fourth-order valence-electron chi connectivity index (χ4n) is 1.51. The standard InChI is InChI=1S/C13H26O2Si/c1-7-16(8-2,9-3)12-10-11-15-13(4,5)14-6/h7-9,11H2,1-6H3. The van der Waals surface area contributed by atoms with Gasteiger partial charge in [0.1, 0.15) is 14.7 Å². The molecule has 0 saturated carbocycles. The Bertz CT molecular complexity index is 238. The van der Waals surface area contributed by atoms with Gasteiger partial charge in [0.2, 0.25) is 0 Å². The van der Waals surface area contributed by atoms with Gasteiger partial charge in [0.25, 0.3) is 0 Å². The van der Waals surface area contributed by atoms with Gasteiger partial charge in [-0.1, -0.05) is 26.7 Å². The molecule has 0 fully saturated rings. The molecule has 0 rings (SSSR count). The third-order valence-electron chi connectivity index (χ3n) is 3.37. The van der Waals surface area contributed by atoms with Crippen LogP contribution in [0.25, 0.3) is 0 Å². The summed E-state index contributed by atoms with van der Waals surface area (Å²) in [6.45, 7) is 11.0. The molecule has 94 valence electrons. The summed E-state index contributed by atoms with van der Waals surface area (Å²) in [5.74, 6) is 2.65. The highest BCUT2D eigenvalue weighted by atomic mass is 28.3. The maximum atomic E-state index is 5.53. The number of hydrogen-bond acceptors (Lipinski definition) is 2. The van der Waals surface area contributed by atoms with Crippen molar-refractivity contribution in [2.24, 2.45) is 0 Å². The second kappa shape index (κ2) is 7.11. The normalized spacial score (nSPS) is 12.1. The van der Waals surface area contributed by atoms with Crippen LogP contribution >= 0.6 is 0 Å². The van der Waals surface area contributed by atoms with Gasteiger partial charge in [-0.15, -0.1) is 5.54 Å². The molecule has 3 heteroatoms. The third-order valence-corrected chi connectivity index (χ3v) is 8.14. The molecule has 0 bridgehead atoms. The first-order valence-corrected chi connectivity index (χ1v) is 8.76. The summed E-state index contributed by atoms with van der Waals surface area (Å²) >= 11 is 0. The zero-order chi connectivity index (χ0) is 12.7. The minimum atomic E-state index is -1.31. The Hall–Kier alpha value is -0.303. The van der Waals surface area contributed by atoms with Gasteiger partial charge in [-0.2, -0.15) is 0 Å². The quantitative estimate of drug-likeness (QED) is 0.403. The van der Waals surface area contributed by atoms with Gasteiger partial charge in [0.15, 0.2) is 5.79 Å². The summed E-state index contributed by atoms with van der Waals surface area (Å²) in [5, 5.41) is 0. The van der Waals surface area contributed by atoms with Crippen molar-refractivity contribution in [1.82, 2.24) is 0 Å². The maximum Gasteiger partial charge on any atom is 0.163 e. The molecule has 0 atom stereocenters. The predicted molar refractivity (Wildman–Crippen MR) is 72.0 cm³/mol. The van der Waals surface area contributed by atoms with Gasteiger partial charge in [-0.25, -0.2) is 0 Å². The van der Waals surface area contributed by atoms with E-state index in [9.17, 15) is 0 Å². The van der Waals surface area contributed by atoms with E-state index in [1.54, 1.807) is 7.11 Å². The molecule has 0 aromatic rings. The Balaban J connectivity index is 4.28. The van der Waals surface area contributed by atoms with E-state index in [1.165, 1.54) is 18.1 Å². The third kappa shape index (κ3) is 5.15. The summed E-state index contributed by atoms with van der Waals surface area (Å²) < 4.78 is 10.7.